The number of aromatic nitrogens is 3. The summed E-state index contributed by atoms with van der Waals surface area (Å²) in [6.45, 7) is 6.38. The van der Waals surface area contributed by atoms with E-state index < -0.39 is 10.8 Å². The minimum Gasteiger partial charge on any atom is -0.383 e. The Hall–Kier alpha value is -2.84. The highest BCUT2D eigenvalue weighted by Crippen LogP contribution is 2.38. The van der Waals surface area contributed by atoms with E-state index >= 15 is 0 Å². The first-order chi connectivity index (χ1) is 15.3. The van der Waals surface area contributed by atoms with Crippen molar-refractivity contribution in [2.24, 2.45) is 5.41 Å². The maximum absolute atomic E-state index is 13.4. The monoisotopic (exact) mass is 451 g/mol. The average Bonchev–Trinajstić information content (AvgIpc) is 3.17. The zero-order valence-corrected chi connectivity index (χ0v) is 18.9. The smallest absolute Gasteiger partial charge is 0.131 e. The quantitative estimate of drug-likeness (QED) is 0.429. The Morgan fingerprint density at radius 1 is 1.12 bits per heavy atom. The molecule has 2 saturated heterocycles. The average molecular weight is 452 g/mol. The van der Waals surface area contributed by atoms with Crippen LogP contribution in [-0.4, -0.2) is 44.0 Å². The maximum Gasteiger partial charge on any atom is 0.131 e. The number of hydrogen-bond acceptors (Lipinski definition) is 5. The Kier molecular flexibility index (Phi) is 5.22. The molecule has 0 unspecified atom stereocenters. The lowest BCUT2D eigenvalue weighted by molar-refractivity contribution is 0.216. The fourth-order valence-corrected chi connectivity index (χ4v) is 6.14. The Morgan fingerprint density at radius 2 is 1.84 bits per heavy atom. The second-order valence-electron chi connectivity index (χ2n) is 9.11. The van der Waals surface area contributed by atoms with E-state index in [2.05, 4.69) is 40.4 Å². The van der Waals surface area contributed by atoms with Crippen molar-refractivity contribution in [2.75, 3.05) is 30.3 Å². The van der Waals surface area contributed by atoms with Crippen LogP contribution in [0.15, 0.2) is 42.6 Å². The normalized spacial score (nSPS) is 17.2. The Bertz CT molecular complexity index is 1320. The van der Waals surface area contributed by atoms with E-state index in [0.29, 0.717) is 11.2 Å². The third kappa shape index (κ3) is 3.67. The van der Waals surface area contributed by atoms with Gasteiger partial charge in [0.05, 0.1) is 17.4 Å². The standard InChI is InChI=1S/C19H17FN4.C5H9NOS/c1-10(2)18-17(11-3-5-13(20)6-4-11)14-7-12-9-22-24-16(12)8-15(14)19(21)23-18;7-8-3-5(4-8)1-6-2-5/h3-10H,1-2H3,(H2,21,23)(H,22,24);6H,1-4H2. The van der Waals surface area contributed by atoms with Crippen molar-refractivity contribution in [1.82, 2.24) is 20.5 Å². The number of benzene rings is 2. The van der Waals surface area contributed by atoms with E-state index in [4.69, 9.17) is 5.73 Å². The van der Waals surface area contributed by atoms with E-state index in [9.17, 15) is 8.60 Å². The van der Waals surface area contributed by atoms with Gasteiger partial charge in [0.1, 0.15) is 11.6 Å². The van der Waals surface area contributed by atoms with Crippen molar-refractivity contribution in [2.45, 2.75) is 19.8 Å². The van der Waals surface area contributed by atoms with E-state index in [1.54, 1.807) is 18.3 Å². The molecule has 0 aliphatic carbocycles. The lowest BCUT2D eigenvalue weighted by Gasteiger charge is -2.48. The van der Waals surface area contributed by atoms with Crippen molar-refractivity contribution in [3.8, 4) is 11.1 Å². The van der Waals surface area contributed by atoms with Crippen LogP contribution in [0, 0.1) is 11.2 Å². The van der Waals surface area contributed by atoms with Crippen LogP contribution >= 0.6 is 0 Å². The van der Waals surface area contributed by atoms with Gasteiger partial charge in [-0.1, -0.05) is 26.0 Å². The minimum atomic E-state index is -0.450. The summed E-state index contributed by atoms with van der Waals surface area (Å²) in [5.41, 5.74) is 10.5. The van der Waals surface area contributed by atoms with Crippen molar-refractivity contribution >= 4 is 38.3 Å². The first-order valence-electron chi connectivity index (χ1n) is 10.7. The summed E-state index contributed by atoms with van der Waals surface area (Å²) in [4.78, 5) is 4.64. The van der Waals surface area contributed by atoms with Gasteiger partial charge < -0.3 is 11.1 Å². The van der Waals surface area contributed by atoms with E-state index in [0.717, 1.165) is 63.1 Å². The lowest BCUT2D eigenvalue weighted by Crippen LogP contribution is -2.65. The fraction of sp³-hybridized carbons (Fsp3) is 0.333. The van der Waals surface area contributed by atoms with Gasteiger partial charge >= 0.3 is 0 Å². The van der Waals surface area contributed by atoms with E-state index in [1.165, 1.54) is 12.1 Å². The van der Waals surface area contributed by atoms with Gasteiger partial charge in [0.2, 0.25) is 0 Å². The van der Waals surface area contributed by atoms with Gasteiger partial charge in [0, 0.05) is 57.1 Å². The Morgan fingerprint density at radius 3 is 2.41 bits per heavy atom. The minimum absolute atomic E-state index is 0.191. The lowest BCUT2D eigenvalue weighted by atomic mass is 9.85. The number of H-pyrrole nitrogens is 1. The number of aromatic amines is 1. The summed E-state index contributed by atoms with van der Waals surface area (Å²) in [5.74, 6) is 2.35. The number of rotatable bonds is 2. The predicted octanol–water partition coefficient (Wildman–Crippen LogP) is 3.96. The molecule has 8 heteroatoms. The summed E-state index contributed by atoms with van der Waals surface area (Å²) in [6.07, 6.45) is 1.79. The molecule has 2 aliphatic rings. The van der Waals surface area contributed by atoms with E-state index in [1.807, 2.05) is 6.07 Å². The Balaban J connectivity index is 0.000000225. The molecule has 4 aromatic rings. The Labute approximate surface area is 188 Å². The van der Waals surface area contributed by atoms with Crippen LogP contribution in [0.25, 0.3) is 32.8 Å². The summed E-state index contributed by atoms with van der Waals surface area (Å²) >= 11 is 0. The number of nitrogens with zero attached hydrogens (tertiary/aromatic N) is 2. The van der Waals surface area contributed by atoms with Crippen LogP contribution in [0.2, 0.25) is 0 Å². The van der Waals surface area contributed by atoms with Gasteiger partial charge in [0.25, 0.3) is 0 Å². The first kappa shape index (κ1) is 21.0. The molecule has 0 radical (unpaired) electrons. The van der Waals surface area contributed by atoms with Gasteiger partial charge in [-0.15, -0.1) is 0 Å². The summed E-state index contributed by atoms with van der Waals surface area (Å²) in [5, 5.41) is 13.1. The molecule has 0 amide bonds. The molecule has 6 nitrogen and oxygen atoms in total. The number of pyridine rings is 1. The molecule has 2 aromatic heterocycles. The molecule has 166 valence electrons. The fourth-order valence-electron chi connectivity index (χ4n) is 4.46. The predicted molar refractivity (Wildman–Crippen MR) is 128 cm³/mol. The van der Waals surface area contributed by atoms with Crippen LogP contribution in [-0.2, 0) is 10.8 Å². The molecule has 2 aliphatic heterocycles. The highest BCUT2D eigenvalue weighted by molar-refractivity contribution is 7.86. The number of anilines is 1. The molecule has 2 aromatic carbocycles. The highest BCUT2D eigenvalue weighted by Gasteiger charge is 2.47. The van der Waals surface area contributed by atoms with Crippen LogP contribution < -0.4 is 11.1 Å². The molecule has 0 atom stereocenters. The summed E-state index contributed by atoms with van der Waals surface area (Å²) in [6, 6.07) is 10.5. The third-order valence-corrected chi connectivity index (χ3v) is 8.10. The molecule has 1 spiro atoms. The maximum atomic E-state index is 13.4. The van der Waals surface area contributed by atoms with Crippen LogP contribution in [0.4, 0.5) is 10.2 Å². The van der Waals surface area contributed by atoms with Gasteiger partial charge in [-0.25, -0.2) is 9.37 Å². The molecule has 0 saturated carbocycles. The molecule has 2 fully saturated rings. The molecule has 4 heterocycles. The number of hydrogen-bond donors (Lipinski definition) is 3. The zero-order chi connectivity index (χ0) is 22.5. The van der Waals surface area contributed by atoms with Crippen molar-refractivity contribution in [3.63, 3.8) is 0 Å². The second kappa shape index (κ2) is 7.94. The van der Waals surface area contributed by atoms with Gasteiger partial charge in [-0.2, -0.15) is 5.10 Å². The molecule has 6 rings (SSSR count). The number of fused-ring (bicyclic) bond motifs is 2. The molecular weight excluding hydrogens is 425 g/mol. The van der Waals surface area contributed by atoms with E-state index in [-0.39, 0.29) is 11.7 Å². The largest absolute Gasteiger partial charge is 0.383 e. The molecule has 0 bridgehead atoms. The first-order valence-corrected chi connectivity index (χ1v) is 12.2. The second-order valence-corrected chi connectivity index (χ2v) is 10.6. The van der Waals surface area contributed by atoms with Gasteiger partial charge in [-0.05, 0) is 41.1 Å². The zero-order valence-electron chi connectivity index (χ0n) is 18.1. The van der Waals surface area contributed by atoms with Gasteiger partial charge in [0.15, 0.2) is 0 Å². The molecule has 32 heavy (non-hydrogen) atoms. The number of nitrogens with two attached hydrogens (primary N) is 1. The highest BCUT2D eigenvalue weighted by atomic mass is 32.2. The van der Waals surface area contributed by atoms with Crippen molar-refractivity contribution in [3.05, 3.63) is 54.1 Å². The molecule has 4 N–H and O–H groups in total. The summed E-state index contributed by atoms with van der Waals surface area (Å²) < 4.78 is 23.9. The van der Waals surface area contributed by atoms with Crippen LogP contribution in [0.1, 0.15) is 25.5 Å². The SMILES string of the molecule is CC(C)c1nc(N)c2cc3[nH]ncc3cc2c1-c1ccc(F)cc1.O=S1CC2(CNC2)C1. The summed E-state index contributed by atoms with van der Waals surface area (Å²) in [7, 11) is -0.450. The van der Waals surface area contributed by atoms with Gasteiger partial charge in [-0.3, -0.25) is 9.31 Å². The third-order valence-electron chi connectivity index (χ3n) is 6.23. The van der Waals surface area contributed by atoms with Crippen molar-refractivity contribution in [1.29, 1.82) is 0 Å². The number of nitrogens with one attached hydrogen (secondary N) is 2. The number of nitrogen functional groups attached to an aromatic ring is 1. The van der Waals surface area contributed by atoms with Crippen LogP contribution in [0.5, 0.6) is 0 Å². The van der Waals surface area contributed by atoms with Crippen molar-refractivity contribution < 1.29 is 8.60 Å². The number of halogens is 1. The molecular formula is C24H26FN5OS. The topological polar surface area (TPSA) is 96.7 Å². The van der Waals surface area contributed by atoms with Crippen LogP contribution in [0.3, 0.4) is 0 Å².